The highest BCUT2D eigenvalue weighted by molar-refractivity contribution is 5.93. The smallest absolute Gasteiger partial charge is 0.308 e. The highest BCUT2D eigenvalue weighted by atomic mass is 16.7. The SMILES string of the molecule is CCCC(=O)O[C@H]1OC[C@@]23[C@H]4C(=O)[C@H](OC(C)=O)[C@@]5(C)[C@H](c6ccoc6)C[C@H]6O[C@]65[C@]4(C)[C@H](O)C[C@H]2[C@]1(C)[C@H](OC(C)=O)C[C@@H]3O. The molecule has 6 aliphatic rings. The number of rotatable bonds is 6. The van der Waals surface area contributed by atoms with Gasteiger partial charge in [0.25, 0.3) is 0 Å². The summed E-state index contributed by atoms with van der Waals surface area (Å²) in [5, 5.41) is 24.6. The van der Waals surface area contributed by atoms with Crippen molar-refractivity contribution in [2.75, 3.05) is 6.61 Å². The summed E-state index contributed by atoms with van der Waals surface area (Å²) < 4.78 is 36.1. The van der Waals surface area contributed by atoms with Crippen molar-refractivity contribution in [1.29, 1.82) is 0 Å². The standard InChI is InChI=1S/C34H44O12/c1-7-8-25(39)45-29-30(4)20-12-21(37)32(6)27(33(20,15-42-29)22(38)13-23(30)43-16(2)35)26(40)28(44-17(3)36)31(5)19(18-9-10-41-14-18)11-24-34(31,32)46-24/h9-10,14,19-24,27-29,37-38H,7-8,11-13,15H2,1-6H3/t19-,20-,21+,22-,23+,24+,27-,28-,29+,30+,31+,32+,33+,34+/m0/s1. The van der Waals surface area contributed by atoms with E-state index in [-0.39, 0.29) is 37.9 Å². The molecule has 14 atom stereocenters. The number of hydrogen-bond acceptors (Lipinski definition) is 12. The Morgan fingerprint density at radius 3 is 2.33 bits per heavy atom. The molecule has 252 valence electrons. The van der Waals surface area contributed by atoms with Gasteiger partial charge in [-0.1, -0.05) is 20.8 Å². The molecule has 12 nitrogen and oxygen atoms in total. The highest BCUT2D eigenvalue weighted by Gasteiger charge is 2.92. The summed E-state index contributed by atoms with van der Waals surface area (Å²) in [4.78, 5) is 53.1. The molecule has 46 heavy (non-hydrogen) atoms. The second kappa shape index (κ2) is 10.1. The molecule has 7 rings (SSSR count). The number of ether oxygens (including phenoxy) is 5. The number of carbonyl (C=O) groups is 4. The summed E-state index contributed by atoms with van der Waals surface area (Å²) in [6.07, 6.45) is -1.60. The van der Waals surface area contributed by atoms with Gasteiger partial charge in [0.1, 0.15) is 11.7 Å². The number of aliphatic hydroxyl groups excluding tert-OH is 2. The minimum atomic E-state index is -1.32. The van der Waals surface area contributed by atoms with Crippen LogP contribution in [0.4, 0.5) is 0 Å². The van der Waals surface area contributed by atoms with E-state index in [4.69, 9.17) is 28.1 Å². The lowest BCUT2D eigenvalue weighted by Crippen LogP contribution is -2.82. The number of aliphatic hydroxyl groups is 2. The predicted octanol–water partition coefficient (Wildman–Crippen LogP) is 2.82. The maximum absolute atomic E-state index is 15.3. The van der Waals surface area contributed by atoms with Crippen molar-refractivity contribution in [3.8, 4) is 0 Å². The molecule has 1 aromatic rings. The van der Waals surface area contributed by atoms with E-state index in [1.807, 2.05) is 26.8 Å². The number of Topliss-reactive ketones (excluding diaryl/α,β-unsaturated/α-hetero) is 1. The van der Waals surface area contributed by atoms with Crippen molar-refractivity contribution in [2.24, 2.45) is 33.5 Å². The van der Waals surface area contributed by atoms with Gasteiger partial charge in [-0.3, -0.25) is 19.2 Å². The first-order chi connectivity index (χ1) is 21.6. The molecule has 0 unspecified atom stereocenters. The summed E-state index contributed by atoms with van der Waals surface area (Å²) in [6, 6.07) is 1.84. The lowest BCUT2D eigenvalue weighted by Gasteiger charge is -2.73. The first-order valence-electron chi connectivity index (χ1n) is 16.4. The van der Waals surface area contributed by atoms with Gasteiger partial charge in [-0.25, -0.2) is 0 Å². The number of carbonyl (C=O) groups excluding carboxylic acids is 4. The second-order valence-corrected chi connectivity index (χ2v) is 15.1. The Morgan fingerprint density at radius 1 is 0.978 bits per heavy atom. The molecule has 2 N–H and O–H groups in total. The molecule has 3 heterocycles. The Labute approximate surface area is 267 Å². The van der Waals surface area contributed by atoms with E-state index in [0.29, 0.717) is 12.8 Å². The number of ketones is 1. The zero-order valence-electron chi connectivity index (χ0n) is 27.1. The fourth-order valence-electron chi connectivity index (χ4n) is 11.5. The van der Waals surface area contributed by atoms with Gasteiger partial charge < -0.3 is 38.3 Å². The van der Waals surface area contributed by atoms with E-state index in [1.165, 1.54) is 13.8 Å². The summed E-state index contributed by atoms with van der Waals surface area (Å²) in [5.41, 5.74) is -5.10. The van der Waals surface area contributed by atoms with E-state index in [0.717, 1.165) is 5.56 Å². The van der Waals surface area contributed by atoms with Gasteiger partial charge in [0.2, 0.25) is 6.29 Å². The minimum absolute atomic E-state index is 0.0435. The maximum atomic E-state index is 15.3. The molecule has 12 heteroatoms. The third-order valence-corrected chi connectivity index (χ3v) is 13.2. The fourth-order valence-corrected chi connectivity index (χ4v) is 11.5. The van der Waals surface area contributed by atoms with Gasteiger partial charge in [0.15, 0.2) is 11.9 Å². The van der Waals surface area contributed by atoms with Gasteiger partial charge in [-0.05, 0) is 43.7 Å². The normalized spacial score (nSPS) is 49.9. The third kappa shape index (κ3) is 3.59. The molecular weight excluding hydrogens is 600 g/mol. The summed E-state index contributed by atoms with van der Waals surface area (Å²) in [5.74, 6) is -4.18. The van der Waals surface area contributed by atoms with Crippen LogP contribution in [0.2, 0.25) is 0 Å². The van der Waals surface area contributed by atoms with Gasteiger partial charge in [0.05, 0.1) is 48.3 Å². The molecule has 1 aromatic heterocycles. The first kappa shape index (κ1) is 31.8. The van der Waals surface area contributed by atoms with Crippen LogP contribution in [0.3, 0.4) is 0 Å². The fraction of sp³-hybridized carbons (Fsp3) is 0.765. The molecule has 1 spiro atoms. The Morgan fingerprint density at radius 2 is 1.70 bits per heavy atom. The van der Waals surface area contributed by atoms with Crippen LogP contribution in [0.5, 0.6) is 0 Å². The van der Waals surface area contributed by atoms with Crippen molar-refractivity contribution in [3.05, 3.63) is 24.2 Å². The van der Waals surface area contributed by atoms with Crippen molar-refractivity contribution >= 4 is 23.7 Å². The minimum Gasteiger partial charge on any atom is -0.472 e. The summed E-state index contributed by atoms with van der Waals surface area (Å²) in [6.45, 7) is 9.75. The highest BCUT2D eigenvalue weighted by Crippen LogP contribution is 2.83. The van der Waals surface area contributed by atoms with Crippen LogP contribution < -0.4 is 0 Å². The Balaban J connectivity index is 1.41. The molecule has 2 bridgehead atoms. The van der Waals surface area contributed by atoms with Crippen molar-refractivity contribution in [3.63, 3.8) is 0 Å². The molecule has 6 fully saturated rings. The van der Waals surface area contributed by atoms with E-state index in [1.54, 1.807) is 19.5 Å². The van der Waals surface area contributed by atoms with Gasteiger partial charge in [0, 0.05) is 49.4 Å². The van der Waals surface area contributed by atoms with Crippen LogP contribution in [-0.4, -0.2) is 82.9 Å². The lowest BCUT2D eigenvalue weighted by molar-refractivity contribution is -0.374. The van der Waals surface area contributed by atoms with E-state index < -0.39 is 93.5 Å². The number of fused-ring (bicyclic) bond motifs is 1. The monoisotopic (exact) mass is 644 g/mol. The maximum Gasteiger partial charge on any atom is 0.308 e. The van der Waals surface area contributed by atoms with Crippen molar-refractivity contribution in [2.45, 2.75) is 122 Å². The van der Waals surface area contributed by atoms with Gasteiger partial charge in [-0.2, -0.15) is 0 Å². The molecular formula is C34H44O12. The second-order valence-electron chi connectivity index (χ2n) is 15.1. The average Bonchev–Trinajstić information content (AvgIpc) is 3.33. The van der Waals surface area contributed by atoms with E-state index in [2.05, 4.69) is 0 Å². The summed E-state index contributed by atoms with van der Waals surface area (Å²) in [7, 11) is 0. The predicted molar refractivity (Wildman–Crippen MR) is 156 cm³/mol. The number of esters is 3. The van der Waals surface area contributed by atoms with E-state index >= 15 is 4.79 Å². The molecule has 2 saturated heterocycles. The molecule has 0 amide bonds. The number of furan rings is 1. The Hall–Kier alpha value is -2.80. The number of epoxide rings is 1. The van der Waals surface area contributed by atoms with Crippen molar-refractivity contribution < 1.29 is 57.5 Å². The quantitative estimate of drug-likeness (QED) is 0.264. The number of hydrogen-bond donors (Lipinski definition) is 2. The topological polar surface area (TPSA) is 171 Å². The van der Waals surface area contributed by atoms with Crippen LogP contribution in [0, 0.1) is 33.5 Å². The molecule has 4 saturated carbocycles. The van der Waals surface area contributed by atoms with E-state index in [9.17, 15) is 24.6 Å². The largest absolute Gasteiger partial charge is 0.472 e. The zero-order chi connectivity index (χ0) is 33.2. The summed E-state index contributed by atoms with van der Waals surface area (Å²) >= 11 is 0. The van der Waals surface area contributed by atoms with Crippen LogP contribution >= 0.6 is 0 Å². The molecule has 0 aromatic carbocycles. The third-order valence-electron chi connectivity index (χ3n) is 13.2. The van der Waals surface area contributed by atoms with Gasteiger partial charge >= 0.3 is 17.9 Å². The van der Waals surface area contributed by atoms with Crippen LogP contribution in [0.25, 0.3) is 0 Å². The Kier molecular flexibility index (Phi) is 6.98. The average molecular weight is 645 g/mol. The van der Waals surface area contributed by atoms with Gasteiger partial charge in [-0.15, -0.1) is 0 Å². The molecule has 4 aliphatic carbocycles. The Bertz CT molecular complexity index is 1460. The van der Waals surface area contributed by atoms with Crippen molar-refractivity contribution in [1.82, 2.24) is 0 Å². The van der Waals surface area contributed by atoms with Crippen LogP contribution in [-0.2, 0) is 42.9 Å². The molecule has 2 aliphatic heterocycles. The lowest BCUT2D eigenvalue weighted by atomic mass is 9.33. The zero-order valence-corrected chi connectivity index (χ0v) is 27.1. The van der Waals surface area contributed by atoms with Crippen LogP contribution in [0.1, 0.15) is 85.1 Å². The first-order valence-corrected chi connectivity index (χ1v) is 16.4. The van der Waals surface area contributed by atoms with Crippen LogP contribution in [0.15, 0.2) is 23.0 Å². The molecule has 0 radical (unpaired) electrons.